The van der Waals surface area contributed by atoms with Crippen LogP contribution in [0.3, 0.4) is 0 Å². The summed E-state index contributed by atoms with van der Waals surface area (Å²) in [6.07, 6.45) is 7.17. The third-order valence-electron chi connectivity index (χ3n) is 4.15. The average molecular weight is 253 g/mol. The first-order valence-corrected chi connectivity index (χ1v) is 7.95. The molecule has 0 N–H and O–H groups in total. The molecule has 1 aromatic rings. The lowest BCUT2D eigenvalue weighted by molar-refractivity contribution is 0.153. The predicted octanol–water partition coefficient (Wildman–Crippen LogP) is 4.41. The fourth-order valence-electron chi connectivity index (χ4n) is 3.05. The first-order chi connectivity index (χ1) is 7.81. The second-order valence-corrected chi connectivity index (χ2v) is 7.52. The van der Waals surface area contributed by atoms with Crippen molar-refractivity contribution in [3.63, 3.8) is 0 Å². The minimum Gasteiger partial charge on any atom is -0.242 e. The molecule has 1 saturated carbocycles. The Hall–Kier alpha value is 0.01000. The van der Waals surface area contributed by atoms with Gasteiger partial charge in [0.2, 0.25) is 0 Å². The van der Waals surface area contributed by atoms with E-state index in [0.29, 0.717) is 5.41 Å². The van der Waals surface area contributed by atoms with Crippen molar-refractivity contribution in [1.29, 1.82) is 0 Å². The van der Waals surface area contributed by atoms with Gasteiger partial charge in [-0.25, -0.2) is 4.31 Å². The molecule has 1 nitrogen and oxygen atoms in total. The lowest BCUT2D eigenvalue weighted by Crippen LogP contribution is -2.31. The van der Waals surface area contributed by atoms with Gasteiger partial charge in [0.15, 0.2) is 0 Å². The van der Waals surface area contributed by atoms with Gasteiger partial charge in [0.05, 0.1) is 4.21 Å². The van der Waals surface area contributed by atoms with E-state index < -0.39 is 0 Å². The fraction of sp³-hybridized carbons (Fsp3) is 0.692. The molecule has 1 aromatic heterocycles. The van der Waals surface area contributed by atoms with Crippen LogP contribution < -0.4 is 0 Å². The van der Waals surface area contributed by atoms with Gasteiger partial charge in [-0.15, -0.1) is 11.3 Å². The molecule has 3 rings (SSSR count). The molecule has 2 heterocycles. The highest BCUT2D eigenvalue weighted by Gasteiger charge is 2.47. The Morgan fingerprint density at radius 1 is 1.56 bits per heavy atom. The van der Waals surface area contributed by atoms with E-state index >= 15 is 0 Å². The van der Waals surface area contributed by atoms with Gasteiger partial charge in [-0.1, -0.05) is 19.4 Å². The largest absolute Gasteiger partial charge is 0.242 e. The van der Waals surface area contributed by atoms with Crippen LogP contribution in [0.25, 0.3) is 0 Å². The van der Waals surface area contributed by atoms with Crippen molar-refractivity contribution in [2.24, 2.45) is 5.41 Å². The van der Waals surface area contributed by atoms with Crippen molar-refractivity contribution in [3.8, 4) is 0 Å². The van der Waals surface area contributed by atoms with Gasteiger partial charge in [-0.3, -0.25) is 0 Å². The molecule has 0 amide bonds. The highest BCUT2D eigenvalue weighted by molar-refractivity contribution is 7.98. The van der Waals surface area contributed by atoms with E-state index in [1.807, 2.05) is 23.3 Å². The molecule has 0 bridgehead atoms. The van der Waals surface area contributed by atoms with Crippen LogP contribution in [0.1, 0.15) is 39.0 Å². The zero-order valence-corrected chi connectivity index (χ0v) is 11.4. The van der Waals surface area contributed by atoms with Crippen molar-refractivity contribution in [2.75, 3.05) is 6.54 Å². The fourth-order valence-corrected chi connectivity index (χ4v) is 5.21. The first-order valence-electron chi connectivity index (χ1n) is 6.29. The van der Waals surface area contributed by atoms with E-state index in [2.05, 4.69) is 28.7 Å². The Labute approximate surface area is 106 Å². The minimum atomic E-state index is 0.713. The summed E-state index contributed by atoms with van der Waals surface area (Å²) in [6, 6.07) is 5.21. The van der Waals surface area contributed by atoms with Crippen molar-refractivity contribution in [2.45, 2.75) is 49.3 Å². The maximum Gasteiger partial charge on any atom is 0.0753 e. The Kier molecular flexibility index (Phi) is 3.03. The highest BCUT2D eigenvalue weighted by Crippen LogP contribution is 2.53. The molecule has 16 heavy (non-hydrogen) atoms. The van der Waals surface area contributed by atoms with Gasteiger partial charge in [-0.2, -0.15) is 0 Å². The van der Waals surface area contributed by atoms with E-state index in [9.17, 15) is 0 Å². The quantitative estimate of drug-likeness (QED) is 0.734. The molecule has 88 valence electrons. The summed E-state index contributed by atoms with van der Waals surface area (Å²) >= 11 is 3.86. The maximum atomic E-state index is 2.66. The van der Waals surface area contributed by atoms with Crippen molar-refractivity contribution >= 4 is 23.3 Å². The van der Waals surface area contributed by atoms with Crippen LogP contribution in [-0.4, -0.2) is 16.9 Å². The standard InChI is InChI=1S/C13H19NS2/c1-2-11-9-13(6-4-7-13)10-14(11)16-12-5-3-8-15-12/h3,5,8,11H,2,4,6-7,9-10H2,1H3. The van der Waals surface area contributed by atoms with Crippen LogP contribution in [0.4, 0.5) is 0 Å². The summed E-state index contributed by atoms with van der Waals surface area (Å²) in [6.45, 7) is 3.67. The van der Waals surface area contributed by atoms with E-state index in [1.54, 1.807) is 0 Å². The van der Waals surface area contributed by atoms with Crippen molar-refractivity contribution in [1.82, 2.24) is 4.31 Å². The number of rotatable bonds is 3. The maximum absolute atomic E-state index is 2.66. The zero-order chi connectivity index (χ0) is 11.0. The average Bonchev–Trinajstić information content (AvgIpc) is 2.84. The lowest BCUT2D eigenvalue weighted by Gasteiger charge is -2.38. The molecule has 0 radical (unpaired) electrons. The minimum absolute atomic E-state index is 0.713. The van der Waals surface area contributed by atoms with Gasteiger partial charge < -0.3 is 0 Å². The molecule has 3 heteroatoms. The van der Waals surface area contributed by atoms with Crippen LogP contribution in [0.2, 0.25) is 0 Å². The number of thiophene rings is 1. The highest BCUT2D eigenvalue weighted by atomic mass is 32.2. The molecule has 1 atom stereocenters. The van der Waals surface area contributed by atoms with Crippen molar-refractivity contribution in [3.05, 3.63) is 17.5 Å². The number of hydrogen-bond acceptors (Lipinski definition) is 3. The summed E-state index contributed by atoms with van der Waals surface area (Å²) in [4.78, 5) is 0. The van der Waals surface area contributed by atoms with Crippen LogP contribution in [0.15, 0.2) is 21.7 Å². The van der Waals surface area contributed by atoms with Crippen LogP contribution in [0.5, 0.6) is 0 Å². The molecule has 1 aliphatic carbocycles. The summed E-state index contributed by atoms with van der Waals surface area (Å²) in [7, 11) is 0. The third-order valence-corrected chi connectivity index (χ3v) is 6.31. The number of nitrogens with zero attached hydrogens (tertiary/aromatic N) is 1. The Morgan fingerprint density at radius 3 is 3.00 bits per heavy atom. The molecule has 1 spiro atoms. The smallest absolute Gasteiger partial charge is 0.0753 e. The van der Waals surface area contributed by atoms with Crippen molar-refractivity contribution < 1.29 is 0 Å². The first kappa shape index (κ1) is 11.1. The van der Waals surface area contributed by atoms with Gasteiger partial charge >= 0.3 is 0 Å². The third kappa shape index (κ3) is 1.93. The normalized spacial score (nSPS) is 28.4. The Bertz CT molecular complexity index is 343. The molecule has 0 aromatic carbocycles. The van der Waals surface area contributed by atoms with Gasteiger partial charge in [0, 0.05) is 12.6 Å². The molecule has 2 fully saturated rings. The molecule has 1 unspecified atom stereocenters. The monoisotopic (exact) mass is 253 g/mol. The molecule has 2 aliphatic rings. The van der Waals surface area contributed by atoms with Crippen LogP contribution in [-0.2, 0) is 0 Å². The molecule has 1 saturated heterocycles. The number of hydrogen-bond donors (Lipinski definition) is 0. The second-order valence-electron chi connectivity index (χ2n) is 5.22. The summed E-state index contributed by atoms with van der Waals surface area (Å²) in [5, 5.41) is 2.18. The van der Waals surface area contributed by atoms with Gasteiger partial charge in [0.1, 0.15) is 0 Å². The predicted molar refractivity (Wildman–Crippen MR) is 71.9 cm³/mol. The van der Waals surface area contributed by atoms with Gasteiger partial charge in [-0.05, 0) is 54.5 Å². The lowest BCUT2D eigenvalue weighted by atomic mass is 9.67. The SMILES string of the molecule is CCC1CC2(CCC2)CN1Sc1cccs1. The van der Waals surface area contributed by atoms with Crippen LogP contribution >= 0.6 is 23.3 Å². The molecular weight excluding hydrogens is 234 g/mol. The van der Waals surface area contributed by atoms with E-state index in [4.69, 9.17) is 0 Å². The van der Waals surface area contributed by atoms with E-state index in [-0.39, 0.29) is 0 Å². The summed E-state index contributed by atoms with van der Waals surface area (Å²) in [5.41, 5.74) is 0.713. The topological polar surface area (TPSA) is 3.24 Å². The summed E-state index contributed by atoms with van der Waals surface area (Å²) < 4.78 is 4.11. The molecular formula is C13H19NS2. The van der Waals surface area contributed by atoms with E-state index in [1.165, 1.54) is 42.9 Å². The second kappa shape index (κ2) is 4.35. The van der Waals surface area contributed by atoms with Crippen LogP contribution in [0, 0.1) is 5.41 Å². The summed E-state index contributed by atoms with van der Waals surface area (Å²) in [5.74, 6) is 0. The van der Waals surface area contributed by atoms with E-state index in [0.717, 1.165) is 6.04 Å². The zero-order valence-electron chi connectivity index (χ0n) is 9.82. The molecule has 1 aliphatic heterocycles. The van der Waals surface area contributed by atoms with Gasteiger partial charge in [0.25, 0.3) is 0 Å². The Balaban J connectivity index is 1.69. The Morgan fingerprint density at radius 2 is 2.44 bits per heavy atom.